The van der Waals surface area contributed by atoms with Gasteiger partial charge in [-0.15, -0.1) is 10.2 Å². The first kappa shape index (κ1) is 31.9. The first-order chi connectivity index (χ1) is 19.1. The molecule has 0 bridgehead atoms. The molecule has 1 saturated heterocycles. The van der Waals surface area contributed by atoms with Crippen LogP contribution in [0.15, 0.2) is 4.79 Å². The molecular weight excluding hydrogens is 571 g/mol. The van der Waals surface area contributed by atoms with Crippen LogP contribution < -0.4 is 21.5 Å². The molecule has 1 fully saturated rings. The number of carbonyl (C=O) groups is 3. The van der Waals surface area contributed by atoms with Gasteiger partial charge in [-0.25, -0.2) is 15.0 Å². The number of hydrogen-bond acceptors (Lipinski definition) is 14. The van der Waals surface area contributed by atoms with Crippen molar-refractivity contribution in [3.05, 3.63) is 10.4 Å². The number of nitrogens with two attached hydrogens (primary N) is 1. The fraction of sp³-hybridized carbons (Fsp3) is 0.667. The van der Waals surface area contributed by atoms with Crippen LogP contribution in [0.3, 0.4) is 0 Å². The van der Waals surface area contributed by atoms with Crippen LogP contribution in [0.2, 0.25) is 0 Å². The van der Waals surface area contributed by atoms with E-state index in [9.17, 15) is 34.1 Å². The molecule has 19 nitrogen and oxygen atoms in total. The van der Waals surface area contributed by atoms with Gasteiger partial charge in [0.05, 0.1) is 6.61 Å². The number of fused-ring (bicyclic) bond motifs is 1. The molecule has 41 heavy (non-hydrogen) atoms. The summed E-state index contributed by atoms with van der Waals surface area (Å²) >= 11 is 0. The topological polar surface area (TPSA) is 261 Å². The zero-order valence-electron chi connectivity index (χ0n) is 23.1. The van der Waals surface area contributed by atoms with Gasteiger partial charge in [-0.1, -0.05) is 10.1 Å². The summed E-state index contributed by atoms with van der Waals surface area (Å²) in [5.74, 6) is -5.46. The third-order valence-corrected chi connectivity index (χ3v) is 8.34. The number of rotatable bonds is 12. The van der Waals surface area contributed by atoms with E-state index in [1.165, 1.54) is 0 Å². The number of nitrogens with one attached hydrogen (secondary N) is 2. The molecule has 0 radical (unpaired) electrons. The van der Waals surface area contributed by atoms with E-state index in [0.29, 0.717) is 4.68 Å². The predicted octanol–water partition coefficient (Wildman–Crippen LogP) is -0.815. The number of carboxylic acids is 1. The van der Waals surface area contributed by atoms with Gasteiger partial charge in [0.25, 0.3) is 7.44 Å². The number of anilines is 1. The number of nitrogens with zero attached hydrogens (tertiary/aromatic N) is 5. The lowest BCUT2D eigenvalue weighted by atomic mass is 10.1. The van der Waals surface area contributed by atoms with Crippen LogP contribution in [0, 0.1) is 0 Å². The van der Waals surface area contributed by atoms with Gasteiger partial charge in [-0.3, -0.25) is 18.9 Å². The van der Waals surface area contributed by atoms with Crippen molar-refractivity contribution in [3.8, 4) is 0 Å². The first-order valence-corrected chi connectivity index (χ1v) is 14.2. The fourth-order valence-electron chi connectivity index (χ4n) is 4.26. The molecule has 3 rings (SSSR count). The molecule has 0 aromatic carbocycles. The molecule has 0 saturated carbocycles. The molecule has 1 aliphatic rings. The Hall–Kier alpha value is -3.64. The summed E-state index contributed by atoms with van der Waals surface area (Å²) in [6, 6.07) is -0.803. The summed E-state index contributed by atoms with van der Waals surface area (Å²) in [6.07, 6.45) is -5.93. The minimum atomic E-state index is -3.95. The van der Waals surface area contributed by atoms with Crippen LogP contribution in [0.4, 0.5) is 5.82 Å². The van der Waals surface area contributed by atoms with E-state index >= 15 is 0 Å². The maximum absolute atomic E-state index is 13.7. The SMILES string of the molecule is CC(=O)OC1C(COC(C(=O)O)P(=O)(NC(C)C)NC(C)C)OC(n2nnc3c(N)nn(O)c3c2=O)C1OC(C)=O. The number of aliphatic carboxylic acids is 1. The molecule has 0 amide bonds. The van der Waals surface area contributed by atoms with Crippen molar-refractivity contribution in [2.75, 3.05) is 12.3 Å². The van der Waals surface area contributed by atoms with Crippen LogP contribution in [-0.2, 0) is 37.9 Å². The van der Waals surface area contributed by atoms with Crippen LogP contribution in [0.25, 0.3) is 11.0 Å². The second-order valence-electron chi connectivity index (χ2n) is 9.77. The summed E-state index contributed by atoms with van der Waals surface area (Å²) in [6.45, 7) is 8.14. The van der Waals surface area contributed by atoms with Gasteiger partial charge in [0, 0.05) is 25.9 Å². The molecule has 0 aliphatic carbocycles. The van der Waals surface area contributed by atoms with Crippen molar-refractivity contribution in [2.45, 2.75) is 84.0 Å². The fourth-order valence-corrected chi connectivity index (χ4v) is 6.74. The average molecular weight is 605 g/mol. The monoisotopic (exact) mass is 604 g/mol. The first-order valence-electron chi connectivity index (χ1n) is 12.4. The van der Waals surface area contributed by atoms with Crippen LogP contribution in [-0.4, -0.2) is 96.0 Å². The standard InChI is InChI=1S/C21H33N8O11P/c1-8(2)25-41(36,26-9(3)4)21(20(33)34)37-7-12-15(38-10(5)30)16(39-11(6)31)19(40-12)28-18(32)14-13(23-27-28)17(22)24-29(14)35/h8-9,12,15-16,19,21,35H,7H2,1-6H3,(H2,22,24)(H,33,34)(H2,25,26,36). The molecule has 20 heteroatoms. The van der Waals surface area contributed by atoms with Gasteiger partial charge >= 0.3 is 23.5 Å². The van der Waals surface area contributed by atoms with E-state index in [4.69, 9.17) is 24.7 Å². The Bertz CT molecular complexity index is 1400. The van der Waals surface area contributed by atoms with Crippen molar-refractivity contribution in [3.63, 3.8) is 0 Å². The van der Waals surface area contributed by atoms with Gasteiger partial charge in [0.15, 0.2) is 35.3 Å². The quantitative estimate of drug-likeness (QED) is 0.113. The minimum absolute atomic E-state index is 0.191. The molecule has 3 heterocycles. The largest absolute Gasteiger partial charge is 0.479 e. The van der Waals surface area contributed by atoms with Crippen LogP contribution in [0.1, 0.15) is 47.8 Å². The van der Waals surface area contributed by atoms with E-state index in [2.05, 4.69) is 25.6 Å². The Morgan fingerprint density at radius 2 is 1.66 bits per heavy atom. The highest BCUT2D eigenvalue weighted by atomic mass is 31.2. The van der Waals surface area contributed by atoms with Gasteiger partial charge in [0.1, 0.15) is 6.10 Å². The third kappa shape index (κ3) is 6.99. The van der Waals surface area contributed by atoms with Crippen LogP contribution >= 0.6 is 7.44 Å². The normalized spacial score (nSPS) is 21.9. The van der Waals surface area contributed by atoms with Crippen molar-refractivity contribution >= 4 is 42.2 Å². The maximum atomic E-state index is 13.7. The molecule has 5 atom stereocenters. The summed E-state index contributed by atoms with van der Waals surface area (Å²) < 4.78 is 36.4. The summed E-state index contributed by atoms with van der Waals surface area (Å²) in [7, 11) is -3.95. The zero-order chi connectivity index (χ0) is 30.8. The smallest absolute Gasteiger partial charge is 0.343 e. The number of esters is 2. The Labute approximate surface area is 232 Å². The summed E-state index contributed by atoms with van der Waals surface area (Å²) in [4.78, 5) is 49.6. The Kier molecular flexibility index (Phi) is 9.70. The lowest BCUT2D eigenvalue weighted by Gasteiger charge is -2.30. The van der Waals surface area contributed by atoms with E-state index < -0.39 is 85.5 Å². The summed E-state index contributed by atoms with van der Waals surface area (Å²) in [5, 5.41) is 36.4. The average Bonchev–Trinajstić information content (AvgIpc) is 3.28. The van der Waals surface area contributed by atoms with Gasteiger partial charge in [-0.2, -0.15) is 4.68 Å². The van der Waals surface area contributed by atoms with E-state index in [1.807, 2.05) is 0 Å². The molecule has 0 spiro atoms. The predicted molar refractivity (Wildman–Crippen MR) is 138 cm³/mol. The molecular formula is C21H33N8O11P. The molecule has 1 aliphatic heterocycles. The van der Waals surface area contributed by atoms with Gasteiger partial charge in [-0.05, 0) is 27.7 Å². The van der Waals surface area contributed by atoms with Gasteiger partial charge in [0.2, 0.25) is 5.85 Å². The van der Waals surface area contributed by atoms with E-state index in [-0.39, 0.29) is 16.2 Å². The number of nitrogen functional groups attached to an aromatic ring is 1. The van der Waals surface area contributed by atoms with Crippen molar-refractivity contribution in [1.29, 1.82) is 0 Å². The zero-order valence-corrected chi connectivity index (χ0v) is 24.0. The molecule has 2 aromatic heterocycles. The Morgan fingerprint density at radius 1 is 1.10 bits per heavy atom. The lowest BCUT2D eigenvalue weighted by molar-refractivity contribution is -0.166. The van der Waals surface area contributed by atoms with Crippen molar-refractivity contribution in [2.24, 2.45) is 0 Å². The molecule has 5 unspecified atom stereocenters. The Balaban J connectivity index is 2.03. The van der Waals surface area contributed by atoms with Gasteiger partial charge < -0.3 is 35.0 Å². The highest BCUT2D eigenvalue weighted by Gasteiger charge is 2.52. The van der Waals surface area contributed by atoms with E-state index in [0.717, 1.165) is 13.8 Å². The Morgan fingerprint density at radius 3 is 2.17 bits per heavy atom. The van der Waals surface area contributed by atoms with E-state index in [1.54, 1.807) is 27.7 Å². The molecule has 2 aromatic rings. The summed E-state index contributed by atoms with van der Waals surface area (Å²) in [5.41, 5.74) is 3.92. The second kappa shape index (κ2) is 12.5. The lowest BCUT2D eigenvalue weighted by Crippen LogP contribution is -2.44. The minimum Gasteiger partial charge on any atom is -0.479 e. The van der Waals surface area contributed by atoms with Crippen molar-refractivity contribution in [1.82, 2.24) is 35.1 Å². The maximum Gasteiger partial charge on any atom is 0.343 e. The van der Waals surface area contributed by atoms with Crippen molar-refractivity contribution < 1.29 is 48.2 Å². The third-order valence-electron chi connectivity index (χ3n) is 5.51. The molecule has 6 N–H and O–H groups in total. The van der Waals surface area contributed by atoms with Crippen LogP contribution in [0.5, 0.6) is 0 Å². The number of hydrogen-bond donors (Lipinski definition) is 5. The second-order valence-corrected chi connectivity index (χ2v) is 12.1. The molecule has 228 valence electrons. The number of carbonyl (C=O) groups excluding carboxylic acids is 2. The number of ether oxygens (including phenoxy) is 4. The highest BCUT2D eigenvalue weighted by molar-refractivity contribution is 7.61. The highest BCUT2D eigenvalue weighted by Crippen LogP contribution is 2.45. The number of aromatic nitrogens is 5. The number of carboxylic acid groups (broad SMARTS) is 1.